The van der Waals surface area contributed by atoms with Crippen LogP contribution in [-0.4, -0.2) is 37.2 Å². The van der Waals surface area contributed by atoms with E-state index in [2.05, 4.69) is 15.0 Å². The van der Waals surface area contributed by atoms with Crippen molar-refractivity contribution in [3.8, 4) is 5.75 Å². The number of ether oxygens (including phenoxy) is 3. The highest BCUT2D eigenvalue weighted by molar-refractivity contribution is 5.94. The number of unbranched alkanes of at least 4 members (excludes halogenated alkanes) is 3. The van der Waals surface area contributed by atoms with Gasteiger partial charge in [-0.05, 0) is 56.2 Å². The molecule has 2 aromatic carbocycles. The molecule has 10 heteroatoms. The van der Waals surface area contributed by atoms with E-state index in [0.717, 1.165) is 19.3 Å². The van der Waals surface area contributed by atoms with E-state index in [1.807, 2.05) is 0 Å². The highest BCUT2D eigenvalue weighted by Gasteiger charge is 2.28. The second-order valence-electron chi connectivity index (χ2n) is 7.35. The second kappa shape index (κ2) is 14.4. The van der Waals surface area contributed by atoms with Crippen LogP contribution in [0.15, 0.2) is 58.8 Å². The van der Waals surface area contributed by atoms with Crippen LogP contribution in [0.4, 0.5) is 17.1 Å². The van der Waals surface area contributed by atoms with Crippen LogP contribution in [0, 0.1) is 16.0 Å². The number of non-ortho nitro benzene ring substituents is 1. The van der Waals surface area contributed by atoms with Crippen molar-refractivity contribution in [1.82, 2.24) is 0 Å². The zero-order valence-corrected chi connectivity index (χ0v) is 19.3. The van der Waals surface area contributed by atoms with E-state index in [4.69, 9.17) is 9.47 Å². The summed E-state index contributed by atoms with van der Waals surface area (Å²) in [6.07, 6.45) is 3.72. The van der Waals surface area contributed by atoms with E-state index in [1.54, 1.807) is 31.2 Å². The first-order chi connectivity index (χ1) is 16.4. The number of nitrogens with zero attached hydrogens (tertiary/aromatic N) is 3. The van der Waals surface area contributed by atoms with Crippen LogP contribution in [0.2, 0.25) is 0 Å². The number of nitro benzene ring substituents is 1. The topological polar surface area (TPSA) is 130 Å². The Morgan fingerprint density at radius 1 is 0.912 bits per heavy atom. The van der Waals surface area contributed by atoms with Gasteiger partial charge in [-0.2, -0.15) is 10.2 Å². The summed E-state index contributed by atoms with van der Waals surface area (Å²) in [4.78, 5) is 33.8. The highest BCUT2D eigenvalue weighted by atomic mass is 16.6. The maximum atomic E-state index is 11.9. The molecule has 0 saturated carbocycles. The van der Waals surface area contributed by atoms with Gasteiger partial charge in [0.15, 0.2) is 5.92 Å². The lowest BCUT2D eigenvalue weighted by atomic mass is 10.0. The molecule has 34 heavy (non-hydrogen) atoms. The van der Waals surface area contributed by atoms with Crippen LogP contribution < -0.4 is 4.74 Å². The minimum atomic E-state index is -0.864. The Morgan fingerprint density at radius 2 is 1.50 bits per heavy atom. The summed E-state index contributed by atoms with van der Waals surface area (Å²) in [6.45, 7) is 2.47. The van der Waals surface area contributed by atoms with Crippen LogP contribution >= 0.6 is 0 Å². The first-order valence-corrected chi connectivity index (χ1v) is 11.1. The summed E-state index contributed by atoms with van der Waals surface area (Å²) in [5.74, 6) is -1.24. The molecular formula is C24H29N3O7. The van der Waals surface area contributed by atoms with Crippen LogP contribution in [0.1, 0.15) is 39.0 Å². The standard InChI is InChI=1S/C24H29N3O7/c1-3-33-24(29)22(23(28)32-2)8-6-4-5-7-17-34-21-15-11-19(12-16-21)26-25-18-9-13-20(14-10-18)27(30)31/h9-16,22H,3-8,17H2,1-2H3. The Balaban J connectivity index is 1.67. The van der Waals surface area contributed by atoms with Gasteiger partial charge >= 0.3 is 11.9 Å². The second-order valence-corrected chi connectivity index (χ2v) is 7.35. The summed E-state index contributed by atoms with van der Waals surface area (Å²) < 4.78 is 15.4. The first-order valence-electron chi connectivity index (χ1n) is 11.1. The molecule has 0 bridgehead atoms. The fourth-order valence-corrected chi connectivity index (χ4v) is 3.08. The van der Waals surface area contributed by atoms with Crippen molar-refractivity contribution in [2.24, 2.45) is 16.1 Å². The number of nitro groups is 1. The molecule has 0 saturated heterocycles. The van der Waals surface area contributed by atoms with Crippen LogP contribution in [0.25, 0.3) is 0 Å². The number of hydrogen-bond acceptors (Lipinski definition) is 9. The molecule has 1 unspecified atom stereocenters. The molecule has 2 rings (SSSR count). The SMILES string of the molecule is CCOC(=O)C(CCCCCCOc1ccc(N=Nc2ccc([N+](=O)[O-])cc2)cc1)C(=O)OC. The number of azo groups is 1. The number of esters is 2. The van der Waals surface area contributed by atoms with Crippen molar-refractivity contribution < 1.29 is 28.7 Å². The lowest BCUT2D eigenvalue weighted by Gasteiger charge is -2.13. The van der Waals surface area contributed by atoms with Gasteiger partial charge in [-0.15, -0.1) is 0 Å². The summed E-state index contributed by atoms with van der Waals surface area (Å²) in [7, 11) is 1.26. The van der Waals surface area contributed by atoms with Crippen molar-refractivity contribution >= 4 is 29.0 Å². The van der Waals surface area contributed by atoms with Crippen molar-refractivity contribution in [2.45, 2.75) is 39.0 Å². The van der Waals surface area contributed by atoms with Crippen molar-refractivity contribution in [3.63, 3.8) is 0 Å². The van der Waals surface area contributed by atoms with Gasteiger partial charge in [0.2, 0.25) is 0 Å². The molecule has 182 valence electrons. The van der Waals surface area contributed by atoms with E-state index in [0.29, 0.717) is 36.6 Å². The molecule has 0 spiro atoms. The molecule has 0 radical (unpaired) electrons. The monoisotopic (exact) mass is 471 g/mol. The molecule has 1 atom stereocenters. The quantitative estimate of drug-likeness (QED) is 0.0863. The maximum Gasteiger partial charge on any atom is 0.320 e. The Morgan fingerprint density at radius 3 is 2.06 bits per heavy atom. The Hall–Kier alpha value is -3.82. The number of carbonyl (C=O) groups excluding carboxylic acids is 2. The van der Waals surface area contributed by atoms with Crippen molar-refractivity contribution in [2.75, 3.05) is 20.3 Å². The number of hydrogen-bond donors (Lipinski definition) is 0. The molecule has 0 amide bonds. The Bertz CT molecular complexity index is 960. The summed E-state index contributed by atoms with van der Waals surface area (Å²) in [6, 6.07) is 13.0. The summed E-state index contributed by atoms with van der Waals surface area (Å²) >= 11 is 0. The average molecular weight is 472 g/mol. The third-order valence-corrected chi connectivity index (χ3v) is 4.89. The Kier molecular flexibility index (Phi) is 11.2. The van der Waals surface area contributed by atoms with Gasteiger partial charge in [0.05, 0.1) is 36.6 Å². The van der Waals surface area contributed by atoms with Crippen LogP contribution in [0.5, 0.6) is 5.75 Å². The first kappa shape index (κ1) is 26.4. The van der Waals surface area contributed by atoms with E-state index < -0.39 is 22.8 Å². The van der Waals surface area contributed by atoms with Gasteiger partial charge in [0, 0.05) is 12.1 Å². The highest BCUT2D eigenvalue weighted by Crippen LogP contribution is 2.23. The molecule has 0 N–H and O–H groups in total. The molecule has 2 aromatic rings. The molecule has 0 aliphatic rings. The van der Waals surface area contributed by atoms with Crippen LogP contribution in [-0.2, 0) is 19.1 Å². The van der Waals surface area contributed by atoms with E-state index in [-0.39, 0.29) is 12.3 Å². The van der Waals surface area contributed by atoms with E-state index in [1.165, 1.54) is 31.4 Å². The number of methoxy groups -OCH3 is 1. The van der Waals surface area contributed by atoms with E-state index in [9.17, 15) is 19.7 Å². The molecule has 0 heterocycles. The fraction of sp³-hybridized carbons (Fsp3) is 0.417. The average Bonchev–Trinajstić information content (AvgIpc) is 2.85. The van der Waals surface area contributed by atoms with E-state index >= 15 is 0 Å². The molecule has 0 aliphatic carbocycles. The molecule has 0 fully saturated rings. The maximum absolute atomic E-state index is 11.9. The minimum Gasteiger partial charge on any atom is -0.494 e. The predicted molar refractivity (Wildman–Crippen MR) is 124 cm³/mol. The number of benzene rings is 2. The van der Waals surface area contributed by atoms with Crippen molar-refractivity contribution in [1.29, 1.82) is 0 Å². The number of rotatable bonds is 14. The predicted octanol–water partition coefficient (Wildman–Crippen LogP) is 5.69. The number of carbonyl (C=O) groups is 2. The van der Waals surface area contributed by atoms with Gasteiger partial charge < -0.3 is 14.2 Å². The molecule has 10 nitrogen and oxygen atoms in total. The van der Waals surface area contributed by atoms with Gasteiger partial charge in [0.1, 0.15) is 5.75 Å². The minimum absolute atomic E-state index is 0.00233. The molecule has 0 aromatic heterocycles. The normalized spacial score (nSPS) is 11.7. The van der Waals surface area contributed by atoms with Crippen LogP contribution in [0.3, 0.4) is 0 Å². The zero-order valence-electron chi connectivity index (χ0n) is 19.3. The summed E-state index contributed by atoms with van der Waals surface area (Å²) in [5, 5.41) is 18.8. The third kappa shape index (κ3) is 8.97. The fourth-order valence-electron chi connectivity index (χ4n) is 3.08. The lowest BCUT2D eigenvalue weighted by molar-refractivity contribution is -0.384. The zero-order chi connectivity index (χ0) is 24.8. The van der Waals surface area contributed by atoms with Crippen molar-refractivity contribution in [3.05, 3.63) is 58.6 Å². The van der Waals surface area contributed by atoms with Gasteiger partial charge in [-0.25, -0.2) is 0 Å². The molecular weight excluding hydrogens is 442 g/mol. The Labute approximate surface area is 198 Å². The van der Waals surface area contributed by atoms with Gasteiger partial charge in [0.25, 0.3) is 5.69 Å². The van der Waals surface area contributed by atoms with Gasteiger partial charge in [-0.3, -0.25) is 19.7 Å². The smallest absolute Gasteiger partial charge is 0.320 e. The third-order valence-electron chi connectivity index (χ3n) is 4.89. The lowest BCUT2D eigenvalue weighted by Crippen LogP contribution is -2.27. The summed E-state index contributed by atoms with van der Waals surface area (Å²) in [5.41, 5.74) is 1.15. The van der Waals surface area contributed by atoms with Gasteiger partial charge in [-0.1, -0.05) is 19.3 Å². The molecule has 0 aliphatic heterocycles. The largest absolute Gasteiger partial charge is 0.494 e.